The maximum Gasteiger partial charge on any atom is 0.179 e. The summed E-state index contributed by atoms with van der Waals surface area (Å²) in [7, 11) is 3.19. The Morgan fingerprint density at radius 1 is 1.35 bits per heavy atom. The number of nitrogens with one attached hydrogen (secondary N) is 1. The lowest BCUT2D eigenvalue weighted by Crippen LogP contribution is -2.29. The standard InChI is InChI=1S/C15H23ClN2O2/c1-19-13-6-5-11(14(16)15(13)20-2)12(9-17)18-8-7-10-3-4-10/h5-6,10,12,18H,3-4,7-9,17H2,1-2H3. The molecule has 3 N–H and O–H groups in total. The van der Waals surface area contributed by atoms with E-state index in [2.05, 4.69) is 5.32 Å². The van der Waals surface area contributed by atoms with Crippen molar-refractivity contribution in [3.05, 3.63) is 22.7 Å². The minimum absolute atomic E-state index is 0.0426. The van der Waals surface area contributed by atoms with E-state index < -0.39 is 0 Å². The summed E-state index contributed by atoms with van der Waals surface area (Å²) in [5.41, 5.74) is 6.84. The predicted octanol–water partition coefficient (Wildman–Crippen LogP) is 2.75. The fraction of sp³-hybridized carbons (Fsp3) is 0.600. The van der Waals surface area contributed by atoms with Gasteiger partial charge in [-0.05, 0) is 30.5 Å². The van der Waals surface area contributed by atoms with Gasteiger partial charge in [0.1, 0.15) is 0 Å². The molecule has 0 aliphatic heterocycles. The summed E-state index contributed by atoms with van der Waals surface area (Å²) in [6, 6.07) is 3.86. The SMILES string of the molecule is COc1ccc(C(CN)NCCC2CC2)c(Cl)c1OC. The molecule has 4 nitrogen and oxygen atoms in total. The van der Waals surface area contributed by atoms with Gasteiger partial charge < -0.3 is 20.5 Å². The third-order valence-corrected chi connectivity index (χ3v) is 4.16. The zero-order chi connectivity index (χ0) is 14.5. The average Bonchev–Trinajstić information content (AvgIpc) is 3.28. The summed E-state index contributed by atoms with van der Waals surface area (Å²) in [5, 5.41) is 4.05. The lowest BCUT2D eigenvalue weighted by atomic mass is 10.1. The molecule has 1 aromatic rings. The maximum absolute atomic E-state index is 6.42. The Hall–Kier alpha value is -0.970. The fourth-order valence-electron chi connectivity index (χ4n) is 2.36. The van der Waals surface area contributed by atoms with Crippen LogP contribution in [0.1, 0.15) is 30.9 Å². The zero-order valence-corrected chi connectivity index (χ0v) is 12.9. The molecule has 1 saturated carbocycles. The molecular weight excluding hydrogens is 276 g/mol. The van der Waals surface area contributed by atoms with Crippen molar-refractivity contribution in [2.75, 3.05) is 27.3 Å². The molecule has 2 rings (SSSR count). The van der Waals surface area contributed by atoms with Crippen LogP contribution in [-0.4, -0.2) is 27.3 Å². The second-order valence-electron chi connectivity index (χ2n) is 5.18. The summed E-state index contributed by atoms with van der Waals surface area (Å²) < 4.78 is 10.6. The van der Waals surface area contributed by atoms with E-state index in [1.54, 1.807) is 14.2 Å². The Bertz CT molecular complexity index is 450. The van der Waals surface area contributed by atoms with Gasteiger partial charge in [0.05, 0.1) is 19.2 Å². The summed E-state index contributed by atoms with van der Waals surface area (Å²) in [5.74, 6) is 2.10. The minimum atomic E-state index is 0.0426. The average molecular weight is 299 g/mol. The first-order valence-electron chi connectivity index (χ1n) is 7.05. The highest BCUT2D eigenvalue weighted by atomic mass is 35.5. The van der Waals surface area contributed by atoms with Gasteiger partial charge in [0.25, 0.3) is 0 Å². The molecule has 0 saturated heterocycles. The van der Waals surface area contributed by atoms with Crippen LogP contribution in [0.2, 0.25) is 5.02 Å². The third-order valence-electron chi connectivity index (χ3n) is 3.77. The van der Waals surface area contributed by atoms with Crippen LogP contribution in [0.25, 0.3) is 0 Å². The van der Waals surface area contributed by atoms with Crippen molar-refractivity contribution in [3.63, 3.8) is 0 Å². The maximum atomic E-state index is 6.42. The molecule has 1 aliphatic rings. The van der Waals surface area contributed by atoms with Crippen molar-refractivity contribution in [2.45, 2.75) is 25.3 Å². The zero-order valence-electron chi connectivity index (χ0n) is 12.1. The van der Waals surface area contributed by atoms with Gasteiger partial charge in [-0.1, -0.05) is 30.5 Å². The Kier molecular flexibility index (Phi) is 5.52. The van der Waals surface area contributed by atoms with Crippen molar-refractivity contribution < 1.29 is 9.47 Å². The van der Waals surface area contributed by atoms with Gasteiger partial charge in [0.2, 0.25) is 0 Å². The molecule has 1 aliphatic carbocycles. The third kappa shape index (κ3) is 3.57. The molecule has 20 heavy (non-hydrogen) atoms. The Balaban J connectivity index is 2.10. The van der Waals surface area contributed by atoms with Crippen molar-refractivity contribution in [3.8, 4) is 11.5 Å². The number of halogens is 1. The first kappa shape index (κ1) is 15.4. The van der Waals surface area contributed by atoms with Crippen LogP contribution in [0.5, 0.6) is 11.5 Å². The van der Waals surface area contributed by atoms with E-state index in [4.69, 9.17) is 26.8 Å². The van der Waals surface area contributed by atoms with Crippen LogP contribution >= 0.6 is 11.6 Å². The van der Waals surface area contributed by atoms with Crippen LogP contribution in [0.15, 0.2) is 12.1 Å². The van der Waals surface area contributed by atoms with Gasteiger partial charge in [0.15, 0.2) is 11.5 Å². The lowest BCUT2D eigenvalue weighted by Gasteiger charge is -2.21. The van der Waals surface area contributed by atoms with Crippen LogP contribution < -0.4 is 20.5 Å². The van der Waals surface area contributed by atoms with E-state index >= 15 is 0 Å². The Morgan fingerprint density at radius 3 is 2.65 bits per heavy atom. The summed E-state index contributed by atoms with van der Waals surface area (Å²) in [6.45, 7) is 1.47. The monoisotopic (exact) mass is 298 g/mol. The number of ether oxygens (including phenoxy) is 2. The number of hydrogen-bond acceptors (Lipinski definition) is 4. The molecule has 1 atom stereocenters. The van der Waals surface area contributed by atoms with Gasteiger partial charge in [0, 0.05) is 12.6 Å². The lowest BCUT2D eigenvalue weighted by molar-refractivity contribution is 0.354. The molecule has 0 amide bonds. The van der Waals surface area contributed by atoms with Crippen molar-refractivity contribution in [2.24, 2.45) is 11.7 Å². The highest BCUT2D eigenvalue weighted by Gasteiger charge is 2.22. The molecule has 0 spiro atoms. The number of methoxy groups -OCH3 is 2. The van der Waals surface area contributed by atoms with Crippen molar-refractivity contribution in [1.29, 1.82) is 0 Å². The van der Waals surface area contributed by atoms with Gasteiger partial charge in [-0.2, -0.15) is 0 Å². The number of hydrogen-bond donors (Lipinski definition) is 2. The van der Waals surface area contributed by atoms with Crippen LogP contribution in [0, 0.1) is 5.92 Å². The quantitative estimate of drug-likeness (QED) is 0.775. The van der Waals surface area contributed by atoms with E-state index in [0.29, 0.717) is 23.1 Å². The van der Waals surface area contributed by atoms with E-state index in [-0.39, 0.29) is 6.04 Å². The first-order chi connectivity index (χ1) is 9.71. The van der Waals surface area contributed by atoms with Crippen LogP contribution in [0.4, 0.5) is 0 Å². The van der Waals surface area contributed by atoms with Gasteiger partial charge in [-0.3, -0.25) is 0 Å². The summed E-state index contributed by atoms with van der Waals surface area (Å²) in [4.78, 5) is 0. The van der Waals surface area contributed by atoms with E-state index in [0.717, 1.165) is 18.0 Å². The van der Waals surface area contributed by atoms with E-state index in [1.807, 2.05) is 12.1 Å². The van der Waals surface area contributed by atoms with Crippen LogP contribution in [0.3, 0.4) is 0 Å². The number of benzene rings is 1. The number of nitrogens with two attached hydrogens (primary N) is 1. The van der Waals surface area contributed by atoms with E-state index in [9.17, 15) is 0 Å². The van der Waals surface area contributed by atoms with Gasteiger partial charge >= 0.3 is 0 Å². The van der Waals surface area contributed by atoms with Crippen molar-refractivity contribution in [1.82, 2.24) is 5.32 Å². The molecule has 0 radical (unpaired) electrons. The molecule has 112 valence electrons. The second-order valence-corrected chi connectivity index (χ2v) is 5.56. The molecule has 5 heteroatoms. The van der Waals surface area contributed by atoms with Gasteiger partial charge in [-0.25, -0.2) is 0 Å². The Labute approximate surface area is 125 Å². The number of rotatable bonds is 8. The molecule has 0 aromatic heterocycles. The minimum Gasteiger partial charge on any atom is -0.493 e. The molecule has 1 aromatic carbocycles. The van der Waals surface area contributed by atoms with E-state index in [1.165, 1.54) is 19.3 Å². The van der Waals surface area contributed by atoms with Crippen LogP contribution in [-0.2, 0) is 0 Å². The highest BCUT2D eigenvalue weighted by molar-refractivity contribution is 6.33. The van der Waals surface area contributed by atoms with Gasteiger partial charge in [-0.15, -0.1) is 0 Å². The molecule has 0 bridgehead atoms. The molecule has 1 fully saturated rings. The topological polar surface area (TPSA) is 56.5 Å². The molecule has 1 unspecified atom stereocenters. The summed E-state index contributed by atoms with van der Waals surface area (Å²) >= 11 is 6.42. The largest absolute Gasteiger partial charge is 0.493 e. The highest BCUT2D eigenvalue weighted by Crippen LogP contribution is 2.39. The normalized spacial score (nSPS) is 16.0. The molecular formula is C15H23ClN2O2. The predicted molar refractivity (Wildman–Crippen MR) is 81.7 cm³/mol. The fourth-order valence-corrected chi connectivity index (χ4v) is 2.73. The summed E-state index contributed by atoms with van der Waals surface area (Å²) in [6.07, 6.45) is 3.94. The smallest absolute Gasteiger partial charge is 0.179 e. The van der Waals surface area contributed by atoms with Crippen molar-refractivity contribution >= 4 is 11.6 Å². The first-order valence-corrected chi connectivity index (χ1v) is 7.42. The Morgan fingerprint density at radius 2 is 2.10 bits per heavy atom. The second kappa shape index (κ2) is 7.16. The molecule has 0 heterocycles.